The smallest absolute Gasteiger partial charge is 0.191 e. The molecule has 8 nitrogen and oxygen atoms in total. The second-order valence-corrected chi connectivity index (χ2v) is 6.96. The molecule has 0 aromatic carbocycles. The first-order valence-corrected chi connectivity index (χ1v) is 10.6. The fourth-order valence-corrected chi connectivity index (χ4v) is 3.34. The lowest BCUT2D eigenvalue weighted by atomic mass is 10.2. The molecule has 2 heterocycles. The summed E-state index contributed by atoms with van der Waals surface area (Å²) in [4.78, 5) is 9.82. The molecule has 1 aromatic heterocycles. The van der Waals surface area contributed by atoms with Crippen molar-refractivity contribution >= 4 is 5.96 Å². The average molecular weight is 379 g/mol. The monoisotopic (exact) mass is 378 g/mol. The maximum Gasteiger partial charge on any atom is 0.191 e. The third kappa shape index (κ3) is 7.84. The van der Waals surface area contributed by atoms with Crippen LogP contribution in [0.1, 0.15) is 39.4 Å². The van der Waals surface area contributed by atoms with E-state index in [2.05, 4.69) is 56.0 Å². The van der Waals surface area contributed by atoms with Crippen molar-refractivity contribution in [1.29, 1.82) is 0 Å². The number of nitrogens with one attached hydrogen (secondary N) is 2. The lowest BCUT2D eigenvalue weighted by Crippen LogP contribution is -2.46. The SMILES string of the molecule is CCNC(=NCCCCN1CCN(CC)CC1)NCCn1cnnc1CC. The quantitative estimate of drug-likeness (QED) is 0.337. The van der Waals surface area contributed by atoms with Crippen molar-refractivity contribution in [3.8, 4) is 0 Å². The van der Waals surface area contributed by atoms with Crippen LogP contribution in [0.2, 0.25) is 0 Å². The Hall–Kier alpha value is -1.67. The van der Waals surface area contributed by atoms with E-state index < -0.39 is 0 Å². The molecule has 0 aliphatic carbocycles. The van der Waals surface area contributed by atoms with Crippen LogP contribution in [0.3, 0.4) is 0 Å². The van der Waals surface area contributed by atoms with Gasteiger partial charge in [0.25, 0.3) is 0 Å². The highest BCUT2D eigenvalue weighted by Gasteiger charge is 2.14. The van der Waals surface area contributed by atoms with Gasteiger partial charge in [0, 0.05) is 58.8 Å². The fourth-order valence-electron chi connectivity index (χ4n) is 3.34. The van der Waals surface area contributed by atoms with E-state index in [0.717, 1.165) is 50.8 Å². The number of piperazine rings is 1. The van der Waals surface area contributed by atoms with Crippen LogP contribution in [-0.2, 0) is 13.0 Å². The van der Waals surface area contributed by atoms with Crippen LogP contribution >= 0.6 is 0 Å². The summed E-state index contributed by atoms with van der Waals surface area (Å²) in [7, 11) is 0. The van der Waals surface area contributed by atoms with Gasteiger partial charge in [-0.25, -0.2) is 0 Å². The molecule has 1 aliphatic rings. The number of rotatable bonds is 11. The van der Waals surface area contributed by atoms with Crippen LogP contribution in [0.4, 0.5) is 0 Å². The summed E-state index contributed by atoms with van der Waals surface area (Å²) >= 11 is 0. The van der Waals surface area contributed by atoms with Crippen molar-refractivity contribution in [2.24, 2.45) is 4.99 Å². The fraction of sp³-hybridized carbons (Fsp3) is 0.842. The summed E-state index contributed by atoms with van der Waals surface area (Å²) < 4.78 is 2.09. The number of aromatic nitrogens is 3. The Morgan fingerprint density at radius 3 is 2.52 bits per heavy atom. The maximum absolute atomic E-state index is 4.71. The average Bonchev–Trinajstić information content (AvgIpc) is 3.15. The zero-order valence-electron chi connectivity index (χ0n) is 17.5. The van der Waals surface area contributed by atoms with Gasteiger partial charge in [0.05, 0.1) is 0 Å². The van der Waals surface area contributed by atoms with Crippen molar-refractivity contribution in [3.05, 3.63) is 12.2 Å². The largest absolute Gasteiger partial charge is 0.357 e. The summed E-state index contributed by atoms with van der Waals surface area (Å²) in [5.74, 6) is 1.93. The Labute approximate surface area is 164 Å². The summed E-state index contributed by atoms with van der Waals surface area (Å²) in [6.07, 6.45) is 5.05. The highest BCUT2D eigenvalue weighted by molar-refractivity contribution is 5.79. The van der Waals surface area contributed by atoms with Crippen LogP contribution in [0.25, 0.3) is 0 Å². The number of hydrogen-bond acceptors (Lipinski definition) is 5. The number of unbranched alkanes of at least 4 members (excludes halogenated alkanes) is 1. The number of likely N-dealkylation sites (N-methyl/N-ethyl adjacent to an activating group) is 1. The normalized spacial score (nSPS) is 16.6. The first-order chi connectivity index (χ1) is 13.3. The molecule has 0 atom stereocenters. The second-order valence-electron chi connectivity index (χ2n) is 6.96. The minimum absolute atomic E-state index is 0.818. The van der Waals surface area contributed by atoms with Crippen molar-refractivity contribution in [2.45, 2.75) is 46.6 Å². The van der Waals surface area contributed by atoms with E-state index >= 15 is 0 Å². The first kappa shape index (κ1) is 21.6. The summed E-state index contributed by atoms with van der Waals surface area (Å²) in [5, 5.41) is 14.8. The number of nitrogens with zero attached hydrogens (tertiary/aromatic N) is 6. The molecule has 0 amide bonds. The molecule has 1 aliphatic heterocycles. The van der Waals surface area contributed by atoms with Crippen molar-refractivity contribution < 1.29 is 0 Å². The Kier molecular flexibility index (Phi) is 10.1. The molecule has 1 fully saturated rings. The van der Waals surface area contributed by atoms with Crippen LogP contribution in [0.5, 0.6) is 0 Å². The third-order valence-corrected chi connectivity index (χ3v) is 5.07. The number of guanidine groups is 1. The Morgan fingerprint density at radius 1 is 1.04 bits per heavy atom. The van der Waals surface area contributed by atoms with Crippen LogP contribution in [0.15, 0.2) is 11.3 Å². The molecular formula is C19H38N8. The highest BCUT2D eigenvalue weighted by atomic mass is 15.3. The van der Waals surface area contributed by atoms with E-state index in [1.54, 1.807) is 6.33 Å². The predicted molar refractivity (Wildman–Crippen MR) is 111 cm³/mol. The lowest BCUT2D eigenvalue weighted by Gasteiger charge is -2.33. The Balaban J connectivity index is 1.61. The minimum Gasteiger partial charge on any atom is -0.357 e. The van der Waals surface area contributed by atoms with Crippen molar-refractivity contribution in [2.75, 3.05) is 58.9 Å². The van der Waals surface area contributed by atoms with Crippen LogP contribution in [0, 0.1) is 0 Å². The number of aryl methyl sites for hydroxylation is 1. The van der Waals surface area contributed by atoms with E-state index in [1.165, 1.54) is 45.7 Å². The first-order valence-electron chi connectivity index (χ1n) is 10.6. The van der Waals surface area contributed by atoms with Crippen LogP contribution < -0.4 is 10.6 Å². The molecular weight excluding hydrogens is 340 g/mol. The van der Waals surface area contributed by atoms with E-state index in [9.17, 15) is 0 Å². The van der Waals surface area contributed by atoms with Gasteiger partial charge in [-0.3, -0.25) is 4.99 Å². The standard InChI is InChI=1S/C19H38N8/c1-4-18-24-23-17-27(18)12-10-22-19(20-5-2)21-9-7-8-11-26-15-13-25(6-3)14-16-26/h17H,4-16H2,1-3H3,(H2,20,21,22). The minimum atomic E-state index is 0.818. The van der Waals surface area contributed by atoms with Gasteiger partial charge < -0.3 is 25.0 Å². The molecule has 0 saturated carbocycles. The van der Waals surface area contributed by atoms with Gasteiger partial charge in [-0.2, -0.15) is 0 Å². The van der Waals surface area contributed by atoms with Gasteiger partial charge >= 0.3 is 0 Å². The lowest BCUT2D eigenvalue weighted by molar-refractivity contribution is 0.136. The Bertz CT molecular complexity index is 534. The summed E-state index contributed by atoms with van der Waals surface area (Å²) in [6.45, 7) is 17.1. The number of hydrogen-bond donors (Lipinski definition) is 2. The summed E-state index contributed by atoms with van der Waals surface area (Å²) in [5.41, 5.74) is 0. The maximum atomic E-state index is 4.71. The molecule has 2 N–H and O–H groups in total. The Morgan fingerprint density at radius 2 is 1.81 bits per heavy atom. The number of aliphatic imine (C=N–C) groups is 1. The van der Waals surface area contributed by atoms with E-state index in [0.29, 0.717) is 0 Å². The third-order valence-electron chi connectivity index (χ3n) is 5.07. The second kappa shape index (κ2) is 12.7. The molecule has 27 heavy (non-hydrogen) atoms. The zero-order chi connectivity index (χ0) is 19.3. The van der Waals surface area contributed by atoms with E-state index in [4.69, 9.17) is 4.99 Å². The van der Waals surface area contributed by atoms with Crippen molar-refractivity contribution in [3.63, 3.8) is 0 Å². The molecule has 1 aromatic rings. The van der Waals surface area contributed by atoms with Gasteiger partial charge in [-0.15, -0.1) is 10.2 Å². The van der Waals surface area contributed by atoms with Gasteiger partial charge in [0.1, 0.15) is 12.2 Å². The predicted octanol–water partition coefficient (Wildman–Crippen LogP) is 0.813. The zero-order valence-corrected chi connectivity index (χ0v) is 17.5. The van der Waals surface area contributed by atoms with E-state index in [1.807, 2.05) is 0 Å². The molecule has 154 valence electrons. The topological polar surface area (TPSA) is 73.6 Å². The van der Waals surface area contributed by atoms with E-state index in [-0.39, 0.29) is 0 Å². The van der Waals surface area contributed by atoms with Crippen molar-refractivity contribution in [1.82, 2.24) is 35.2 Å². The molecule has 0 radical (unpaired) electrons. The highest BCUT2D eigenvalue weighted by Crippen LogP contribution is 2.03. The molecule has 2 rings (SSSR count). The molecule has 0 spiro atoms. The molecule has 8 heteroatoms. The van der Waals surface area contributed by atoms with Gasteiger partial charge in [0.15, 0.2) is 5.96 Å². The van der Waals surface area contributed by atoms with Gasteiger partial charge in [-0.1, -0.05) is 13.8 Å². The van der Waals surface area contributed by atoms with Gasteiger partial charge in [0.2, 0.25) is 0 Å². The van der Waals surface area contributed by atoms with Crippen LogP contribution in [-0.4, -0.2) is 89.4 Å². The summed E-state index contributed by atoms with van der Waals surface area (Å²) in [6, 6.07) is 0. The molecule has 1 saturated heterocycles. The molecule has 0 bridgehead atoms. The molecule has 0 unspecified atom stereocenters. The van der Waals surface area contributed by atoms with Gasteiger partial charge in [-0.05, 0) is 32.9 Å².